The predicted molar refractivity (Wildman–Crippen MR) is 101 cm³/mol. The van der Waals surface area contributed by atoms with E-state index in [0.29, 0.717) is 5.91 Å². The van der Waals surface area contributed by atoms with E-state index in [2.05, 4.69) is 28.5 Å². The zero-order valence-electron chi connectivity index (χ0n) is 16.5. The Morgan fingerprint density at radius 3 is 2.04 bits per heavy atom. The van der Waals surface area contributed by atoms with Gasteiger partial charge in [0.05, 0.1) is 0 Å². The number of carbonyl (C=O) groups excluding carboxylic acids is 1. The zero-order valence-corrected chi connectivity index (χ0v) is 16.5. The highest BCUT2D eigenvalue weighted by Crippen LogP contribution is 2.23. The summed E-state index contributed by atoms with van der Waals surface area (Å²) >= 11 is 0. The molecule has 140 valence electrons. The molecule has 2 aliphatic heterocycles. The molecule has 2 rings (SSSR count). The maximum atomic E-state index is 12.0. The minimum absolute atomic E-state index is 0.149. The second kappa shape index (κ2) is 9.76. The van der Waals surface area contributed by atoms with Gasteiger partial charge in [0.1, 0.15) is 0 Å². The lowest BCUT2D eigenvalue weighted by Crippen LogP contribution is -2.47. The van der Waals surface area contributed by atoms with Crippen molar-refractivity contribution in [2.45, 2.75) is 53.4 Å². The van der Waals surface area contributed by atoms with Crippen molar-refractivity contribution in [1.82, 2.24) is 14.7 Å². The van der Waals surface area contributed by atoms with E-state index in [4.69, 9.17) is 0 Å². The Balaban J connectivity index is 1.55. The van der Waals surface area contributed by atoms with Crippen molar-refractivity contribution in [2.24, 2.45) is 17.8 Å². The number of rotatable bonds is 7. The van der Waals surface area contributed by atoms with Crippen LogP contribution in [0.4, 0.5) is 0 Å². The molecule has 0 unspecified atom stereocenters. The highest BCUT2D eigenvalue weighted by Gasteiger charge is 2.24. The van der Waals surface area contributed by atoms with E-state index < -0.39 is 0 Å². The number of nitrogens with zero attached hydrogens (tertiary/aromatic N) is 3. The first-order valence-electron chi connectivity index (χ1n) is 10.2. The van der Waals surface area contributed by atoms with Gasteiger partial charge in [0, 0.05) is 51.7 Å². The van der Waals surface area contributed by atoms with Crippen LogP contribution >= 0.6 is 0 Å². The van der Waals surface area contributed by atoms with Gasteiger partial charge in [0.15, 0.2) is 0 Å². The molecule has 1 amide bonds. The van der Waals surface area contributed by atoms with Crippen LogP contribution < -0.4 is 0 Å². The smallest absolute Gasteiger partial charge is 0.225 e. The Kier molecular flexibility index (Phi) is 8.02. The van der Waals surface area contributed by atoms with Crippen LogP contribution in [0.1, 0.15) is 53.4 Å². The first kappa shape index (κ1) is 19.7. The summed E-state index contributed by atoms with van der Waals surface area (Å²) < 4.78 is 0. The van der Waals surface area contributed by atoms with Crippen LogP contribution in [-0.2, 0) is 4.79 Å². The lowest BCUT2D eigenvalue weighted by Gasteiger charge is -2.36. The van der Waals surface area contributed by atoms with E-state index in [1.165, 1.54) is 65.0 Å². The van der Waals surface area contributed by atoms with Crippen LogP contribution in [0.3, 0.4) is 0 Å². The normalized spacial score (nSPS) is 21.8. The van der Waals surface area contributed by atoms with Gasteiger partial charge in [0.25, 0.3) is 0 Å². The molecule has 2 heterocycles. The molecule has 0 saturated carbocycles. The Hall–Kier alpha value is -0.610. The van der Waals surface area contributed by atoms with E-state index in [-0.39, 0.29) is 5.92 Å². The van der Waals surface area contributed by atoms with Gasteiger partial charge in [-0.3, -0.25) is 4.79 Å². The highest BCUT2D eigenvalue weighted by atomic mass is 16.2. The Bertz CT molecular complexity index is 367. The van der Waals surface area contributed by atoms with Crippen molar-refractivity contribution < 1.29 is 4.79 Å². The molecule has 2 saturated heterocycles. The Morgan fingerprint density at radius 1 is 0.917 bits per heavy atom. The topological polar surface area (TPSA) is 26.8 Å². The first-order valence-corrected chi connectivity index (χ1v) is 10.2. The van der Waals surface area contributed by atoms with Crippen molar-refractivity contribution in [1.29, 1.82) is 0 Å². The molecule has 4 heteroatoms. The molecule has 0 N–H and O–H groups in total. The minimum atomic E-state index is 0.149. The quantitative estimate of drug-likeness (QED) is 0.715. The molecule has 2 aliphatic rings. The largest absolute Gasteiger partial charge is 0.342 e. The van der Waals surface area contributed by atoms with Crippen molar-refractivity contribution >= 4 is 5.91 Å². The summed E-state index contributed by atoms with van der Waals surface area (Å²) in [6, 6.07) is 0. The molecule has 0 aromatic rings. The lowest BCUT2D eigenvalue weighted by atomic mass is 9.91. The summed E-state index contributed by atoms with van der Waals surface area (Å²) in [6.45, 7) is 18.1. The number of hydrogen-bond acceptors (Lipinski definition) is 3. The molecular formula is C20H39N3O. The summed E-state index contributed by atoms with van der Waals surface area (Å²) in [5.74, 6) is 2.11. The Morgan fingerprint density at radius 2 is 1.50 bits per heavy atom. The molecule has 0 aromatic heterocycles. The minimum Gasteiger partial charge on any atom is -0.342 e. The number of amides is 1. The van der Waals surface area contributed by atoms with Crippen molar-refractivity contribution in [3.8, 4) is 0 Å². The van der Waals surface area contributed by atoms with Gasteiger partial charge in [0.2, 0.25) is 5.91 Å². The number of carbonyl (C=O) groups is 1. The van der Waals surface area contributed by atoms with Gasteiger partial charge in [-0.05, 0) is 44.1 Å². The van der Waals surface area contributed by atoms with Crippen molar-refractivity contribution in [2.75, 3.05) is 52.4 Å². The van der Waals surface area contributed by atoms with Crippen LogP contribution in [0.2, 0.25) is 0 Å². The van der Waals surface area contributed by atoms with Crippen LogP contribution in [0.15, 0.2) is 0 Å². The van der Waals surface area contributed by atoms with Gasteiger partial charge in [-0.25, -0.2) is 0 Å². The molecular weight excluding hydrogens is 298 g/mol. The molecule has 0 atom stereocenters. The zero-order chi connectivity index (χ0) is 17.5. The lowest BCUT2D eigenvalue weighted by molar-refractivity contribution is -0.135. The molecule has 0 spiro atoms. The maximum absolute atomic E-state index is 12.0. The SMILES string of the molecule is CC(C)CN1CCN(CCCC2CCN(C(=O)C(C)C)CC2)CC1. The Labute approximate surface area is 149 Å². The monoisotopic (exact) mass is 337 g/mol. The van der Waals surface area contributed by atoms with Crippen LogP contribution in [-0.4, -0.2) is 73.0 Å². The fourth-order valence-electron chi connectivity index (χ4n) is 4.12. The fraction of sp³-hybridized carbons (Fsp3) is 0.950. The average Bonchev–Trinajstić information content (AvgIpc) is 2.56. The third-order valence-electron chi connectivity index (χ3n) is 5.60. The van der Waals surface area contributed by atoms with Gasteiger partial charge in [-0.2, -0.15) is 0 Å². The van der Waals surface area contributed by atoms with Gasteiger partial charge >= 0.3 is 0 Å². The van der Waals surface area contributed by atoms with Crippen LogP contribution in [0.25, 0.3) is 0 Å². The summed E-state index contributed by atoms with van der Waals surface area (Å²) in [5, 5.41) is 0. The van der Waals surface area contributed by atoms with E-state index in [1.54, 1.807) is 0 Å². The average molecular weight is 338 g/mol. The van der Waals surface area contributed by atoms with Crippen LogP contribution in [0.5, 0.6) is 0 Å². The molecule has 0 aromatic carbocycles. The third-order valence-corrected chi connectivity index (χ3v) is 5.60. The number of piperazine rings is 1. The molecule has 0 bridgehead atoms. The molecule has 24 heavy (non-hydrogen) atoms. The second-order valence-electron chi connectivity index (χ2n) is 8.60. The number of likely N-dealkylation sites (tertiary alicyclic amines) is 1. The summed E-state index contributed by atoms with van der Waals surface area (Å²) in [5.41, 5.74) is 0. The summed E-state index contributed by atoms with van der Waals surface area (Å²) in [4.78, 5) is 19.4. The number of hydrogen-bond donors (Lipinski definition) is 0. The van der Waals surface area contributed by atoms with Gasteiger partial charge < -0.3 is 14.7 Å². The molecule has 4 nitrogen and oxygen atoms in total. The summed E-state index contributed by atoms with van der Waals surface area (Å²) in [6.07, 6.45) is 5.09. The van der Waals surface area contributed by atoms with E-state index in [0.717, 1.165) is 24.9 Å². The first-order chi connectivity index (χ1) is 11.5. The fourth-order valence-corrected chi connectivity index (χ4v) is 4.12. The summed E-state index contributed by atoms with van der Waals surface area (Å²) in [7, 11) is 0. The van der Waals surface area contributed by atoms with Crippen molar-refractivity contribution in [3.05, 3.63) is 0 Å². The standard InChI is InChI=1S/C20H39N3O/c1-17(2)16-22-14-12-21(13-15-22)9-5-6-19-7-10-23(11-8-19)20(24)18(3)4/h17-19H,5-16H2,1-4H3. The van der Waals surface area contributed by atoms with Gasteiger partial charge in [-0.15, -0.1) is 0 Å². The number of piperidine rings is 1. The molecule has 0 aliphatic carbocycles. The maximum Gasteiger partial charge on any atom is 0.225 e. The predicted octanol–water partition coefficient (Wildman–Crippen LogP) is 2.93. The van der Waals surface area contributed by atoms with E-state index in [1.807, 2.05) is 13.8 Å². The van der Waals surface area contributed by atoms with E-state index in [9.17, 15) is 4.79 Å². The van der Waals surface area contributed by atoms with Crippen LogP contribution in [0, 0.1) is 17.8 Å². The van der Waals surface area contributed by atoms with Crippen molar-refractivity contribution in [3.63, 3.8) is 0 Å². The third kappa shape index (κ3) is 6.36. The second-order valence-corrected chi connectivity index (χ2v) is 8.60. The van der Waals surface area contributed by atoms with E-state index >= 15 is 0 Å². The van der Waals surface area contributed by atoms with Gasteiger partial charge in [-0.1, -0.05) is 27.7 Å². The highest BCUT2D eigenvalue weighted by molar-refractivity contribution is 5.78. The molecule has 2 fully saturated rings. The molecule has 0 radical (unpaired) electrons.